The number of imide groups is 1. The van der Waals surface area contributed by atoms with Crippen LogP contribution in [0.1, 0.15) is 89.2 Å². The summed E-state index contributed by atoms with van der Waals surface area (Å²) in [5.74, 6) is -0.583. The molecule has 198 valence electrons. The number of hydrogen-bond acceptors (Lipinski definition) is 6. The van der Waals surface area contributed by atoms with Gasteiger partial charge in [0, 0.05) is 31.1 Å². The number of piperidine rings is 2. The third kappa shape index (κ3) is 7.53. The Morgan fingerprint density at radius 2 is 1.64 bits per heavy atom. The molecule has 3 fully saturated rings. The second-order valence-electron chi connectivity index (χ2n) is 11.6. The number of nitrogens with zero attached hydrogens (tertiary/aromatic N) is 1. The van der Waals surface area contributed by atoms with Gasteiger partial charge in [-0.05, 0) is 89.9 Å². The number of carbonyl (C=O) groups is 3. The van der Waals surface area contributed by atoms with Crippen LogP contribution < -0.4 is 16.0 Å². The minimum atomic E-state index is -0.459. The van der Waals surface area contributed by atoms with E-state index in [1.807, 2.05) is 32.9 Å². The molecular weight excluding hydrogens is 456 g/mol. The minimum absolute atomic E-state index is 0.175. The number of amides is 3. The van der Waals surface area contributed by atoms with Gasteiger partial charge in [-0.25, -0.2) is 4.79 Å². The molecule has 8 nitrogen and oxygen atoms in total. The molecule has 1 aromatic rings. The third-order valence-electron chi connectivity index (χ3n) is 7.68. The zero-order valence-corrected chi connectivity index (χ0v) is 22.0. The molecule has 3 N–H and O–H groups in total. The number of carbonyl (C=O) groups excluding carboxylic acids is 3. The zero-order valence-electron chi connectivity index (χ0n) is 22.0. The zero-order chi connectivity index (χ0) is 25.7. The molecule has 1 atom stereocenters. The predicted molar refractivity (Wildman–Crippen MR) is 138 cm³/mol. The topological polar surface area (TPSA) is 99.8 Å². The number of hydrogen-bond donors (Lipinski definition) is 3. The van der Waals surface area contributed by atoms with E-state index in [-0.39, 0.29) is 29.9 Å². The van der Waals surface area contributed by atoms with Gasteiger partial charge >= 0.3 is 6.09 Å². The molecule has 0 radical (unpaired) electrons. The van der Waals surface area contributed by atoms with Gasteiger partial charge in [-0.15, -0.1) is 0 Å². The summed E-state index contributed by atoms with van der Waals surface area (Å²) >= 11 is 0. The first-order chi connectivity index (χ1) is 17.2. The first-order valence-electron chi connectivity index (χ1n) is 13.6. The molecule has 1 saturated carbocycles. The molecule has 8 heteroatoms. The van der Waals surface area contributed by atoms with Crippen LogP contribution >= 0.6 is 0 Å². The first-order valence-corrected chi connectivity index (χ1v) is 13.6. The van der Waals surface area contributed by atoms with Gasteiger partial charge in [-0.3, -0.25) is 14.9 Å². The lowest BCUT2D eigenvalue weighted by Crippen LogP contribution is -2.49. The molecule has 2 aliphatic heterocycles. The highest BCUT2D eigenvalue weighted by Gasteiger charge is 2.30. The molecule has 2 saturated heterocycles. The largest absolute Gasteiger partial charge is 0.444 e. The number of rotatable bonds is 6. The van der Waals surface area contributed by atoms with E-state index in [1.165, 1.54) is 5.56 Å². The summed E-state index contributed by atoms with van der Waals surface area (Å²) in [4.78, 5) is 38.2. The van der Waals surface area contributed by atoms with Crippen molar-refractivity contribution in [2.75, 3.05) is 13.1 Å². The number of nitrogens with one attached hydrogen (secondary N) is 3. The third-order valence-corrected chi connectivity index (χ3v) is 7.68. The quantitative estimate of drug-likeness (QED) is 0.519. The van der Waals surface area contributed by atoms with Crippen LogP contribution in [0.5, 0.6) is 0 Å². The molecule has 3 amide bonds. The van der Waals surface area contributed by atoms with E-state index in [0.717, 1.165) is 63.7 Å². The van der Waals surface area contributed by atoms with Crippen LogP contribution in [0.15, 0.2) is 24.3 Å². The van der Waals surface area contributed by atoms with E-state index in [4.69, 9.17) is 4.74 Å². The molecule has 0 aromatic heterocycles. The van der Waals surface area contributed by atoms with Gasteiger partial charge in [-0.1, -0.05) is 24.3 Å². The second-order valence-corrected chi connectivity index (χ2v) is 11.6. The van der Waals surface area contributed by atoms with Crippen molar-refractivity contribution in [3.05, 3.63) is 35.4 Å². The monoisotopic (exact) mass is 498 g/mol. The first kappa shape index (κ1) is 26.6. The van der Waals surface area contributed by atoms with Crippen molar-refractivity contribution >= 4 is 17.9 Å². The molecule has 1 unspecified atom stereocenters. The Labute approximate surface area is 214 Å². The second kappa shape index (κ2) is 11.7. The Morgan fingerprint density at radius 3 is 2.25 bits per heavy atom. The van der Waals surface area contributed by atoms with Gasteiger partial charge in [0.05, 0.1) is 5.92 Å². The molecule has 2 heterocycles. The molecule has 1 aromatic carbocycles. The fourth-order valence-electron chi connectivity index (χ4n) is 5.67. The molecule has 4 rings (SSSR count). The molecule has 3 aliphatic rings. The summed E-state index contributed by atoms with van der Waals surface area (Å²) in [7, 11) is 0. The smallest absolute Gasteiger partial charge is 0.407 e. The molecular formula is C28H42N4O4. The van der Waals surface area contributed by atoms with Gasteiger partial charge in [0.15, 0.2) is 0 Å². The van der Waals surface area contributed by atoms with Crippen molar-refractivity contribution in [2.45, 2.75) is 108 Å². The van der Waals surface area contributed by atoms with Crippen LogP contribution in [-0.4, -0.2) is 59.6 Å². The van der Waals surface area contributed by atoms with E-state index < -0.39 is 5.60 Å². The van der Waals surface area contributed by atoms with Crippen molar-refractivity contribution in [3.63, 3.8) is 0 Å². The minimum Gasteiger partial charge on any atom is -0.444 e. The Morgan fingerprint density at radius 1 is 0.972 bits per heavy atom. The highest BCUT2D eigenvalue weighted by molar-refractivity contribution is 6.00. The number of likely N-dealkylation sites (tertiary alicyclic amines) is 1. The maximum atomic E-state index is 12.1. The summed E-state index contributed by atoms with van der Waals surface area (Å²) in [6, 6.07) is 9.57. The summed E-state index contributed by atoms with van der Waals surface area (Å²) < 4.78 is 5.40. The van der Waals surface area contributed by atoms with Gasteiger partial charge in [0.1, 0.15) is 5.60 Å². The van der Waals surface area contributed by atoms with Crippen molar-refractivity contribution in [3.8, 4) is 0 Å². The summed E-state index contributed by atoms with van der Waals surface area (Å²) in [6.45, 7) is 8.72. The summed E-state index contributed by atoms with van der Waals surface area (Å²) in [6.07, 6.45) is 7.24. The lowest BCUT2D eigenvalue weighted by molar-refractivity contribution is -0.134. The summed E-state index contributed by atoms with van der Waals surface area (Å²) in [5.41, 5.74) is 1.73. The van der Waals surface area contributed by atoms with E-state index >= 15 is 0 Å². The average Bonchev–Trinajstić information content (AvgIpc) is 2.83. The van der Waals surface area contributed by atoms with Gasteiger partial charge in [-0.2, -0.15) is 0 Å². The summed E-state index contributed by atoms with van der Waals surface area (Å²) in [5, 5.41) is 9.19. The molecule has 0 spiro atoms. The predicted octanol–water partition coefficient (Wildman–Crippen LogP) is 3.60. The van der Waals surface area contributed by atoms with E-state index in [2.05, 4.69) is 33.0 Å². The highest BCUT2D eigenvalue weighted by atomic mass is 16.6. The fourth-order valence-corrected chi connectivity index (χ4v) is 5.67. The Bertz CT molecular complexity index is 910. The Hall–Kier alpha value is -2.45. The van der Waals surface area contributed by atoms with Crippen molar-refractivity contribution < 1.29 is 19.1 Å². The van der Waals surface area contributed by atoms with E-state index in [1.54, 1.807) is 0 Å². The van der Waals surface area contributed by atoms with Gasteiger partial charge in [0.25, 0.3) is 0 Å². The van der Waals surface area contributed by atoms with Gasteiger partial charge in [0.2, 0.25) is 11.8 Å². The standard InChI is InChI=1S/C28H42N4O4/c1-28(2,3)36-27(35)30-22-8-10-23(11-9-22)32-16-14-21(15-17-32)29-18-19-4-6-20(7-5-19)24-12-13-25(33)31-26(24)34/h4-7,21-24,29H,8-18H2,1-3H3,(H,30,35)(H,31,33,34). The van der Waals surface area contributed by atoms with E-state index in [9.17, 15) is 14.4 Å². The van der Waals surface area contributed by atoms with Crippen molar-refractivity contribution in [1.82, 2.24) is 20.9 Å². The van der Waals surface area contributed by atoms with Crippen LogP contribution in [0.25, 0.3) is 0 Å². The Kier molecular flexibility index (Phi) is 8.67. The SMILES string of the molecule is CC(C)(C)OC(=O)NC1CCC(N2CCC(NCc3ccc(C4CCC(=O)NC4=O)cc3)CC2)CC1. The maximum absolute atomic E-state index is 12.1. The number of ether oxygens (including phenoxy) is 1. The number of benzene rings is 1. The maximum Gasteiger partial charge on any atom is 0.407 e. The van der Waals surface area contributed by atoms with E-state index in [0.29, 0.717) is 24.9 Å². The molecule has 0 bridgehead atoms. The van der Waals surface area contributed by atoms with Crippen molar-refractivity contribution in [2.24, 2.45) is 0 Å². The van der Waals surface area contributed by atoms with Crippen LogP contribution in [0.4, 0.5) is 4.79 Å². The molecule has 36 heavy (non-hydrogen) atoms. The number of alkyl carbamates (subject to hydrolysis) is 1. The van der Waals surface area contributed by atoms with Crippen LogP contribution in [0, 0.1) is 0 Å². The van der Waals surface area contributed by atoms with Crippen LogP contribution in [0.3, 0.4) is 0 Å². The highest BCUT2D eigenvalue weighted by Crippen LogP contribution is 2.27. The molecule has 1 aliphatic carbocycles. The van der Waals surface area contributed by atoms with Gasteiger partial charge < -0.3 is 20.3 Å². The van der Waals surface area contributed by atoms with Crippen LogP contribution in [-0.2, 0) is 20.9 Å². The van der Waals surface area contributed by atoms with Crippen molar-refractivity contribution in [1.29, 1.82) is 0 Å². The average molecular weight is 499 g/mol. The lowest BCUT2D eigenvalue weighted by atomic mass is 9.88. The lowest BCUT2D eigenvalue weighted by Gasteiger charge is -2.41. The normalized spacial score (nSPS) is 26.4. The van der Waals surface area contributed by atoms with Crippen LogP contribution in [0.2, 0.25) is 0 Å². The fraction of sp³-hybridized carbons (Fsp3) is 0.679. The Balaban J connectivity index is 1.14.